The van der Waals surface area contributed by atoms with E-state index < -0.39 is 6.09 Å². The SMILES string of the molecule is COc1c(Br)ccc(CNC(=O)OCc2ccccc2)c1Br. The number of rotatable bonds is 5. The van der Waals surface area contributed by atoms with Crippen LogP contribution in [0.3, 0.4) is 0 Å². The van der Waals surface area contributed by atoms with Gasteiger partial charge in [0.15, 0.2) is 0 Å². The second-order valence-corrected chi connectivity index (χ2v) is 6.12. The zero-order valence-corrected chi connectivity index (χ0v) is 15.1. The van der Waals surface area contributed by atoms with Gasteiger partial charge in [-0.15, -0.1) is 0 Å². The average Bonchev–Trinajstić information content (AvgIpc) is 2.53. The van der Waals surface area contributed by atoms with Crippen molar-refractivity contribution in [2.45, 2.75) is 13.2 Å². The van der Waals surface area contributed by atoms with Crippen LogP contribution in [0.4, 0.5) is 4.79 Å². The first-order chi connectivity index (χ1) is 10.6. The molecular weight excluding hydrogens is 414 g/mol. The van der Waals surface area contributed by atoms with Crippen LogP contribution in [0.5, 0.6) is 5.75 Å². The van der Waals surface area contributed by atoms with Crippen LogP contribution in [0.2, 0.25) is 0 Å². The van der Waals surface area contributed by atoms with Gasteiger partial charge in [0.25, 0.3) is 0 Å². The lowest BCUT2D eigenvalue weighted by Gasteiger charge is -2.12. The van der Waals surface area contributed by atoms with Crippen LogP contribution in [0.1, 0.15) is 11.1 Å². The van der Waals surface area contributed by atoms with Crippen LogP contribution in [0.25, 0.3) is 0 Å². The quantitative estimate of drug-likeness (QED) is 0.754. The number of amides is 1. The number of carbonyl (C=O) groups is 1. The molecule has 0 saturated heterocycles. The molecule has 0 unspecified atom stereocenters. The predicted octanol–water partition coefficient (Wildman–Crippen LogP) is 4.65. The monoisotopic (exact) mass is 427 g/mol. The number of ether oxygens (including phenoxy) is 2. The minimum atomic E-state index is -0.461. The summed E-state index contributed by atoms with van der Waals surface area (Å²) in [5, 5.41) is 2.72. The Hall–Kier alpha value is -1.53. The summed E-state index contributed by atoms with van der Waals surface area (Å²) in [5.74, 6) is 0.692. The number of halogens is 2. The van der Waals surface area contributed by atoms with Crippen molar-refractivity contribution >= 4 is 38.0 Å². The van der Waals surface area contributed by atoms with E-state index in [0.29, 0.717) is 12.3 Å². The van der Waals surface area contributed by atoms with Crippen LogP contribution in [-0.4, -0.2) is 13.2 Å². The highest BCUT2D eigenvalue weighted by Gasteiger charge is 2.11. The molecule has 0 aliphatic rings. The number of nitrogens with one attached hydrogen (secondary N) is 1. The summed E-state index contributed by atoms with van der Waals surface area (Å²) in [6.45, 7) is 0.593. The van der Waals surface area contributed by atoms with Gasteiger partial charge in [-0.2, -0.15) is 0 Å². The molecular formula is C16H15Br2NO3. The second-order valence-electron chi connectivity index (χ2n) is 4.47. The van der Waals surface area contributed by atoms with Crippen molar-refractivity contribution in [3.8, 4) is 5.75 Å². The number of methoxy groups -OCH3 is 1. The van der Waals surface area contributed by atoms with E-state index in [9.17, 15) is 4.79 Å². The largest absolute Gasteiger partial charge is 0.494 e. The molecule has 2 aromatic rings. The molecule has 4 nitrogen and oxygen atoms in total. The molecule has 0 bridgehead atoms. The molecule has 0 heterocycles. The highest BCUT2D eigenvalue weighted by molar-refractivity contribution is 9.11. The smallest absolute Gasteiger partial charge is 0.407 e. The Balaban J connectivity index is 1.89. The fraction of sp³-hybridized carbons (Fsp3) is 0.188. The van der Waals surface area contributed by atoms with Crippen LogP contribution < -0.4 is 10.1 Å². The van der Waals surface area contributed by atoms with Crippen molar-refractivity contribution in [2.24, 2.45) is 0 Å². The average molecular weight is 429 g/mol. The van der Waals surface area contributed by atoms with E-state index in [2.05, 4.69) is 37.2 Å². The molecule has 0 atom stereocenters. The van der Waals surface area contributed by atoms with Crippen molar-refractivity contribution in [3.05, 3.63) is 62.5 Å². The third kappa shape index (κ3) is 4.48. The minimum Gasteiger partial charge on any atom is -0.494 e. The number of hydrogen-bond donors (Lipinski definition) is 1. The first-order valence-electron chi connectivity index (χ1n) is 6.57. The maximum absolute atomic E-state index is 11.7. The summed E-state index contributed by atoms with van der Waals surface area (Å²) >= 11 is 6.88. The fourth-order valence-corrected chi connectivity index (χ4v) is 3.24. The summed E-state index contributed by atoms with van der Waals surface area (Å²) in [6.07, 6.45) is -0.461. The van der Waals surface area contributed by atoms with Crippen molar-refractivity contribution in [2.75, 3.05) is 7.11 Å². The Morgan fingerprint density at radius 2 is 1.86 bits per heavy atom. The maximum Gasteiger partial charge on any atom is 0.407 e. The van der Waals surface area contributed by atoms with E-state index in [1.807, 2.05) is 42.5 Å². The number of benzene rings is 2. The zero-order chi connectivity index (χ0) is 15.9. The third-order valence-corrected chi connectivity index (χ3v) is 4.46. The summed E-state index contributed by atoms with van der Waals surface area (Å²) in [5.41, 5.74) is 1.85. The highest BCUT2D eigenvalue weighted by atomic mass is 79.9. The van der Waals surface area contributed by atoms with E-state index in [0.717, 1.165) is 20.1 Å². The van der Waals surface area contributed by atoms with Crippen LogP contribution >= 0.6 is 31.9 Å². The predicted molar refractivity (Wildman–Crippen MR) is 91.9 cm³/mol. The summed E-state index contributed by atoms with van der Waals surface area (Å²) in [6, 6.07) is 13.3. The van der Waals surface area contributed by atoms with Crippen molar-refractivity contribution in [3.63, 3.8) is 0 Å². The van der Waals surface area contributed by atoms with Crippen molar-refractivity contribution < 1.29 is 14.3 Å². The van der Waals surface area contributed by atoms with Gasteiger partial charge in [-0.3, -0.25) is 0 Å². The molecule has 2 rings (SSSR count). The molecule has 0 aliphatic heterocycles. The van der Waals surface area contributed by atoms with Gasteiger partial charge in [0, 0.05) is 6.54 Å². The summed E-state index contributed by atoms with van der Waals surface area (Å²) in [7, 11) is 1.59. The highest BCUT2D eigenvalue weighted by Crippen LogP contribution is 2.35. The molecule has 22 heavy (non-hydrogen) atoms. The maximum atomic E-state index is 11.7. The van der Waals surface area contributed by atoms with E-state index >= 15 is 0 Å². The number of carbonyl (C=O) groups excluding carboxylic acids is 1. The standard InChI is InChI=1S/C16H15Br2NO3/c1-21-15-13(17)8-7-12(14(15)18)9-19-16(20)22-10-11-5-3-2-4-6-11/h2-8H,9-10H2,1H3,(H,19,20). The molecule has 1 N–H and O–H groups in total. The molecule has 0 fully saturated rings. The van der Waals surface area contributed by atoms with Gasteiger partial charge in [0.2, 0.25) is 0 Å². The molecule has 0 aromatic heterocycles. The molecule has 116 valence electrons. The summed E-state index contributed by atoms with van der Waals surface area (Å²) < 4.78 is 12.1. The van der Waals surface area contributed by atoms with Crippen molar-refractivity contribution in [1.29, 1.82) is 0 Å². The molecule has 0 saturated carbocycles. The topological polar surface area (TPSA) is 47.6 Å². The Bertz CT molecular complexity index is 647. The molecule has 6 heteroatoms. The first-order valence-corrected chi connectivity index (χ1v) is 8.16. The third-order valence-electron chi connectivity index (χ3n) is 2.97. The van der Waals surface area contributed by atoms with Crippen LogP contribution in [-0.2, 0) is 17.9 Å². The lowest BCUT2D eigenvalue weighted by molar-refractivity contribution is 0.139. The van der Waals surface area contributed by atoms with Gasteiger partial charge >= 0.3 is 6.09 Å². The normalized spacial score (nSPS) is 10.1. The molecule has 0 radical (unpaired) electrons. The molecule has 0 spiro atoms. The van der Waals surface area contributed by atoms with Gasteiger partial charge in [0.1, 0.15) is 12.4 Å². The lowest BCUT2D eigenvalue weighted by Crippen LogP contribution is -2.23. The Morgan fingerprint density at radius 1 is 1.14 bits per heavy atom. The van der Waals surface area contributed by atoms with Crippen LogP contribution in [0.15, 0.2) is 51.4 Å². The first kappa shape index (κ1) is 16.8. The minimum absolute atomic E-state index is 0.248. The lowest BCUT2D eigenvalue weighted by atomic mass is 10.2. The van der Waals surface area contributed by atoms with E-state index in [-0.39, 0.29) is 6.61 Å². The summed E-state index contributed by atoms with van der Waals surface area (Å²) in [4.78, 5) is 11.7. The van der Waals surface area contributed by atoms with Gasteiger partial charge in [0.05, 0.1) is 16.1 Å². The van der Waals surface area contributed by atoms with Gasteiger partial charge < -0.3 is 14.8 Å². The van der Waals surface area contributed by atoms with E-state index in [1.54, 1.807) is 7.11 Å². The van der Waals surface area contributed by atoms with Crippen molar-refractivity contribution in [1.82, 2.24) is 5.32 Å². The van der Waals surface area contributed by atoms with E-state index in [1.165, 1.54) is 0 Å². The zero-order valence-electron chi connectivity index (χ0n) is 11.9. The Labute approximate surface area is 146 Å². The van der Waals surface area contributed by atoms with E-state index in [4.69, 9.17) is 9.47 Å². The Kier molecular flexibility index (Phi) is 6.27. The van der Waals surface area contributed by atoms with Gasteiger partial charge in [-0.1, -0.05) is 36.4 Å². The Morgan fingerprint density at radius 3 is 2.55 bits per heavy atom. The van der Waals surface area contributed by atoms with Crippen LogP contribution in [0, 0.1) is 0 Å². The van der Waals surface area contributed by atoms with Gasteiger partial charge in [-0.25, -0.2) is 4.79 Å². The number of alkyl carbamates (subject to hydrolysis) is 1. The fourth-order valence-electron chi connectivity index (χ4n) is 1.84. The molecule has 1 amide bonds. The van der Waals surface area contributed by atoms with Gasteiger partial charge in [-0.05, 0) is 49.1 Å². The number of hydrogen-bond acceptors (Lipinski definition) is 3. The molecule has 0 aliphatic carbocycles. The molecule has 2 aromatic carbocycles. The second kappa shape index (κ2) is 8.19.